The number of carbonyl (C=O) groups is 1. The quantitative estimate of drug-likeness (QED) is 0.588. The summed E-state index contributed by atoms with van der Waals surface area (Å²) in [6.45, 7) is 10.6. The van der Waals surface area contributed by atoms with Crippen LogP contribution in [0.5, 0.6) is 11.5 Å². The van der Waals surface area contributed by atoms with Gasteiger partial charge in [-0.25, -0.2) is 4.98 Å². The molecule has 2 unspecified atom stereocenters. The van der Waals surface area contributed by atoms with Gasteiger partial charge >= 0.3 is 0 Å². The fourth-order valence-electron chi connectivity index (χ4n) is 3.64. The number of nitrogens with one attached hydrogen (secondary N) is 1. The molecule has 168 valence electrons. The van der Waals surface area contributed by atoms with Crippen molar-refractivity contribution in [3.63, 3.8) is 0 Å². The molecule has 1 saturated heterocycles. The van der Waals surface area contributed by atoms with Crippen LogP contribution in [0.15, 0.2) is 34.9 Å². The second-order valence-corrected chi connectivity index (χ2v) is 8.40. The average molecular weight is 492 g/mol. The molecule has 1 aromatic carbocycles. The zero-order valence-corrected chi connectivity index (χ0v) is 20.1. The summed E-state index contributed by atoms with van der Waals surface area (Å²) in [5, 5.41) is 2.92. The Hall–Kier alpha value is -2.32. The minimum absolute atomic E-state index is 0.129. The minimum Gasteiger partial charge on any atom is -0.490 e. The normalized spacial score (nSPS) is 18.5. The van der Waals surface area contributed by atoms with Gasteiger partial charge in [-0.2, -0.15) is 0 Å². The predicted octanol–water partition coefficient (Wildman–Crippen LogP) is 4.44. The standard InChI is InChI=1S/C23H30BrN3O4/c1-5-29-20-9-17(19(24)11-21(20)30-6-2)10-23(28)26-18-7-8-22(25-12-18)27-13-15(3)31-16(4)14-27/h7-9,11-12,15-16H,5-6,10,13-14H2,1-4H3,(H,26,28). The summed E-state index contributed by atoms with van der Waals surface area (Å²) in [6.07, 6.45) is 2.22. The monoisotopic (exact) mass is 491 g/mol. The maximum absolute atomic E-state index is 12.6. The van der Waals surface area contributed by atoms with E-state index in [0.717, 1.165) is 28.9 Å². The van der Waals surface area contributed by atoms with Crippen molar-refractivity contribution in [1.29, 1.82) is 0 Å². The minimum atomic E-state index is -0.129. The molecule has 1 aliphatic rings. The number of benzene rings is 1. The van der Waals surface area contributed by atoms with E-state index in [2.05, 4.69) is 45.0 Å². The summed E-state index contributed by atoms with van der Waals surface area (Å²) in [5.41, 5.74) is 1.49. The van der Waals surface area contributed by atoms with E-state index >= 15 is 0 Å². The van der Waals surface area contributed by atoms with Gasteiger partial charge in [-0.1, -0.05) is 15.9 Å². The first-order valence-electron chi connectivity index (χ1n) is 10.6. The van der Waals surface area contributed by atoms with Crippen LogP contribution in [0.25, 0.3) is 0 Å². The van der Waals surface area contributed by atoms with Gasteiger partial charge in [0.05, 0.1) is 43.7 Å². The molecule has 2 aromatic rings. The Balaban J connectivity index is 1.65. The first-order valence-corrected chi connectivity index (χ1v) is 11.4. The number of aromatic nitrogens is 1. The summed E-state index contributed by atoms with van der Waals surface area (Å²) in [5.74, 6) is 2.05. The van der Waals surface area contributed by atoms with Gasteiger partial charge in [0.25, 0.3) is 0 Å². The van der Waals surface area contributed by atoms with Crippen LogP contribution in [0.1, 0.15) is 33.3 Å². The Kier molecular flexibility index (Phi) is 8.15. The van der Waals surface area contributed by atoms with E-state index in [1.165, 1.54) is 0 Å². The predicted molar refractivity (Wildman–Crippen MR) is 125 cm³/mol. The molecular formula is C23H30BrN3O4. The van der Waals surface area contributed by atoms with E-state index in [9.17, 15) is 4.79 Å². The van der Waals surface area contributed by atoms with Gasteiger partial charge in [0, 0.05) is 17.6 Å². The third-order valence-electron chi connectivity index (χ3n) is 4.84. The maximum Gasteiger partial charge on any atom is 0.228 e. The van der Waals surface area contributed by atoms with Crippen LogP contribution in [-0.2, 0) is 16.0 Å². The van der Waals surface area contributed by atoms with E-state index in [-0.39, 0.29) is 24.5 Å². The fourth-order valence-corrected chi connectivity index (χ4v) is 4.10. The number of carbonyl (C=O) groups excluding carboxylic acids is 1. The van der Waals surface area contributed by atoms with Crippen molar-refractivity contribution in [2.75, 3.05) is 36.5 Å². The molecule has 1 amide bonds. The van der Waals surface area contributed by atoms with Crippen molar-refractivity contribution in [1.82, 2.24) is 4.98 Å². The van der Waals surface area contributed by atoms with Crippen LogP contribution in [0.3, 0.4) is 0 Å². The van der Waals surface area contributed by atoms with Gasteiger partial charge in [0.2, 0.25) is 5.91 Å². The zero-order chi connectivity index (χ0) is 22.4. The van der Waals surface area contributed by atoms with Crippen molar-refractivity contribution in [2.24, 2.45) is 0 Å². The lowest BCUT2D eigenvalue weighted by Gasteiger charge is -2.36. The number of rotatable bonds is 8. The van der Waals surface area contributed by atoms with Crippen LogP contribution in [-0.4, -0.2) is 49.4 Å². The second kappa shape index (κ2) is 10.8. The molecule has 1 fully saturated rings. The number of pyridine rings is 1. The van der Waals surface area contributed by atoms with Crippen LogP contribution in [0.2, 0.25) is 0 Å². The molecule has 7 nitrogen and oxygen atoms in total. The Morgan fingerprint density at radius 3 is 2.39 bits per heavy atom. The molecular weight excluding hydrogens is 462 g/mol. The summed E-state index contributed by atoms with van der Waals surface area (Å²) in [7, 11) is 0. The molecule has 2 heterocycles. The van der Waals surface area contributed by atoms with Gasteiger partial charge in [0.1, 0.15) is 5.82 Å². The maximum atomic E-state index is 12.6. The molecule has 3 rings (SSSR count). The van der Waals surface area contributed by atoms with Crippen molar-refractivity contribution >= 4 is 33.3 Å². The SMILES string of the molecule is CCOc1cc(Br)c(CC(=O)Nc2ccc(N3CC(C)OC(C)C3)nc2)cc1OCC. The lowest BCUT2D eigenvalue weighted by Crippen LogP contribution is -2.45. The van der Waals surface area contributed by atoms with E-state index in [1.54, 1.807) is 6.20 Å². The lowest BCUT2D eigenvalue weighted by molar-refractivity contribution is -0.115. The number of amides is 1. The molecule has 0 saturated carbocycles. The molecule has 0 aliphatic carbocycles. The van der Waals surface area contributed by atoms with Gasteiger partial charge in [-0.05, 0) is 57.5 Å². The van der Waals surface area contributed by atoms with Crippen LogP contribution < -0.4 is 19.7 Å². The zero-order valence-electron chi connectivity index (χ0n) is 18.5. The number of nitrogens with zero attached hydrogens (tertiary/aromatic N) is 2. The summed E-state index contributed by atoms with van der Waals surface area (Å²) in [4.78, 5) is 19.4. The van der Waals surface area contributed by atoms with Crippen LogP contribution in [0.4, 0.5) is 11.5 Å². The number of hydrogen-bond donors (Lipinski definition) is 1. The number of hydrogen-bond acceptors (Lipinski definition) is 6. The highest BCUT2D eigenvalue weighted by Crippen LogP contribution is 2.34. The van der Waals surface area contributed by atoms with Crippen molar-refractivity contribution in [3.8, 4) is 11.5 Å². The third kappa shape index (κ3) is 6.33. The Morgan fingerprint density at radius 1 is 1.16 bits per heavy atom. The number of morpholine rings is 1. The van der Waals surface area contributed by atoms with Gasteiger partial charge in [-0.15, -0.1) is 0 Å². The van der Waals surface area contributed by atoms with Crippen LogP contribution >= 0.6 is 15.9 Å². The fraction of sp³-hybridized carbons (Fsp3) is 0.478. The Morgan fingerprint density at radius 2 is 1.81 bits per heavy atom. The summed E-state index contributed by atoms with van der Waals surface area (Å²) < 4.78 is 17.9. The average Bonchev–Trinajstić information content (AvgIpc) is 2.71. The molecule has 31 heavy (non-hydrogen) atoms. The highest BCUT2D eigenvalue weighted by molar-refractivity contribution is 9.10. The van der Waals surface area contributed by atoms with Gasteiger partial charge < -0.3 is 24.4 Å². The molecule has 1 N–H and O–H groups in total. The van der Waals surface area contributed by atoms with E-state index in [0.29, 0.717) is 30.4 Å². The van der Waals surface area contributed by atoms with E-state index in [4.69, 9.17) is 14.2 Å². The summed E-state index contributed by atoms with van der Waals surface area (Å²) >= 11 is 3.54. The molecule has 1 aliphatic heterocycles. The van der Waals surface area contributed by atoms with Gasteiger partial charge in [-0.3, -0.25) is 4.79 Å². The van der Waals surface area contributed by atoms with E-state index < -0.39 is 0 Å². The lowest BCUT2D eigenvalue weighted by atomic mass is 10.1. The molecule has 8 heteroatoms. The molecule has 2 atom stereocenters. The van der Waals surface area contributed by atoms with Gasteiger partial charge in [0.15, 0.2) is 11.5 Å². The third-order valence-corrected chi connectivity index (χ3v) is 5.58. The first kappa shape index (κ1) is 23.3. The number of anilines is 2. The van der Waals surface area contributed by atoms with Crippen LogP contribution in [0, 0.1) is 0 Å². The van der Waals surface area contributed by atoms with Crippen molar-refractivity contribution in [2.45, 2.75) is 46.3 Å². The van der Waals surface area contributed by atoms with E-state index in [1.807, 2.05) is 38.1 Å². The largest absolute Gasteiger partial charge is 0.490 e. The smallest absolute Gasteiger partial charge is 0.228 e. The Bertz CT molecular complexity index is 881. The Labute approximate surface area is 192 Å². The summed E-state index contributed by atoms with van der Waals surface area (Å²) in [6, 6.07) is 7.50. The first-order chi connectivity index (χ1) is 14.9. The molecule has 0 radical (unpaired) electrons. The topological polar surface area (TPSA) is 72.9 Å². The highest BCUT2D eigenvalue weighted by atomic mass is 79.9. The number of halogens is 1. The van der Waals surface area contributed by atoms with Crippen molar-refractivity contribution in [3.05, 3.63) is 40.5 Å². The molecule has 0 bridgehead atoms. The number of ether oxygens (including phenoxy) is 3. The molecule has 0 spiro atoms. The van der Waals surface area contributed by atoms with Crippen molar-refractivity contribution < 1.29 is 19.0 Å². The molecule has 1 aromatic heterocycles. The highest BCUT2D eigenvalue weighted by Gasteiger charge is 2.23. The second-order valence-electron chi connectivity index (χ2n) is 7.55.